The molecule has 3 amide bonds. The van der Waals surface area contributed by atoms with Gasteiger partial charge in [0.25, 0.3) is 0 Å². The SMILES string of the molecule is CCN(CC)c1ccc(NC(=O)C2N([C@H](CO)c3ccccc3)C(=O)[C@@H]3[C@@H](C(=O)NCc4ccccc4)[C@@]4(C)CCC23S4)cc1. The fraction of sp³-hybridized carbons (Fsp3) is 0.417. The summed E-state index contributed by atoms with van der Waals surface area (Å²) in [6, 6.07) is 25.3. The van der Waals surface area contributed by atoms with Crippen LogP contribution in [0, 0.1) is 11.8 Å². The van der Waals surface area contributed by atoms with Crippen LogP contribution in [-0.4, -0.2) is 63.0 Å². The minimum Gasteiger partial charge on any atom is -0.394 e. The second-order valence-corrected chi connectivity index (χ2v) is 14.4. The average Bonchev–Trinajstić information content (AvgIpc) is 3.63. The van der Waals surface area contributed by atoms with Crippen molar-refractivity contribution < 1.29 is 19.5 Å². The van der Waals surface area contributed by atoms with Gasteiger partial charge in [-0.1, -0.05) is 60.7 Å². The summed E-state index contributed by atoms with van der Waals surface area (Å²) in [6.45, 7) is 8.06. The molecule has 0 saturated carbocycles. The molecule has 3 aliphatic rings. The van der Waals surface area contributed by atoms with Gasteiger partial charge in [-0.15, -0.1) is 11.8 Å². The van der Waals surface area contributed by atoms with Crippen molar-refractivity contribution in [3.05, 3.63) is 96.1 Å². The van der Waals surface area contributed by atoms with Crippen molar-refractivity contribution in [3.63, 3.8) is 0 Å². The number of hydrogen-bond donors (Lipinski definition) is 3. The molecule has 3 N–H and O–H groups in total. The molecule has 0 aromatic heterocycles. The minimum absolute atomic E-state index is 0.165. The highest BCUT2D eigenvalue weighted by Gasteiger charge is 2.77. The molecule has 6 rings (SSSR count). The molecular weight excluding hydrogens is 584 g/mol. The molecule has 3 saturated heterocycles. The van der Waals surface area contributed by atoms with E-state index in [1.807, 2.05) is 84.9 Å². The number of thioether (sulfide) groups is 1. The Bertz CT molecular complexity index is 1530. The quantitative estimate of drug-likeness (QED) is 0.277. The van der Waals surface area contributed by atoms with E-state index >= 15 is 0 Å². The maximum atomic E-state index is 14.7. The highest BCUT2D eigenvalue weighted by Crippen LogP contribution is 2.72. The van der Waals surface area contributed by atoms with Crippen molar-refractivity contribution in [1.29, 1.82) is 0 Å². The van der Waals surface area contributed by atoms with Gasteiger partial charge in [-0.25, -0.2) is 0 Å². The molecular formula is C36H42N4O4S. The lowest BCUT2D eigenvalue weighted by Crippen LogP contribution is -2.53. The Balaban J connectivity index is 1.35. The van der Waals surface area contributed by atoms with Crippen LogP contribution in [0.15, 0.2) is 84.9 Å². The summed E-state index contributed by atoms with van der Waals surface area (Å²) >= 11 is 1.63. The van der Waals surface area contributed by atoms with E-state index in [-0.39, 0.29) is 24.3 Å². The van der Waals surface area contributed by atoms with Crippen LogP contribution in [0.1, 0.15) is 50.8 Å². The third-order valence-electron chi connectivity index (χ3n) is 10.0. The monoisotopic (exact) mass is 626 g/mol. The Morgan fingerprint density at radius 3 is 2.22 bits per heavy atom. The molecule has 236 valence electrons. The van der Waals surface area contributed by atoms with E-state index in [0.717, 1.165) is 36.3 Å². The first kappa shape index (κ1) is 31.2. The molecule has 0 radical (unpaired) electrons. The third kappa shape index (κ3) is 5.40. The van der Waals surface area contributed by atoms with Gasteiger partial charge < -0.3 is 25.5 Å². The van der Waals surface area contributed by atoms with E-state index in [1.165, 1.54) is 0 Å². The average molecular weight is 627 g/mol. The van der Waals surface area contributed by atoms with Crippen molar-refractivity contribution in [3.8, 4) is 0 Å². The third-order valence-corrected chi connectivity index (χ3v) is 12.0. The number of anilines is 2. The van der Waals surface area contributed by atoms with Crippen LogP contribution in [-0.2, 0) is 20.9 Å². The first-order chi connectivity index (χ1) is 21.8. The van der Waals surface area contributed by atoms with Gasteiger partial charge in [0.2, 0.25) is 17.7 Å². The summed E-state index contributed by atoms with van der Waals surface area (Å²) in [6.07, 6.45) is 1.35. The van der Waals surface area contributed by atoms with E-state index in [1.54, 1.807) is 16.7 Å². The van der Waals surface area contributed by atoms with Crippen molar-refractivity contribution in [2.45, 2.75) is 61.7 Å². The van der Waals surface area contributed by atoms with Crippen LogP contribution in [0.3, 0.4) is 0 Å². The van der Waals surface area contributed by atoms with Crippen LogP contribution in [0.2, 0.25) is 0 Å². The lowest BCUT2D eigenvalue weighted by atomic mass is 9.66. The summed E-state index contributed by atoms with van der Waals surface area (Å²) in [4.78, 5) is 46.9. The first-order valence-corrected chi connectivity index (χ1v) is 16.7. The molecule has 2 unspecified atom stereocenters. The first-order valence-electron chi connectivity index (χ1n) is 15.9. The number of carbonyl (C=O) groups is 3. The molecule has 3 heterocycles. The summed E-state index contributed by atoms with van der Waals surface area (Å²) in [5, 5.41) is 16.9. The number of likely N-dealkylation sites (tertiary alicyclic amines) is 1. The number of fused-ring (bicyclic) bond motifs is 1. The van der Waals surface area contributed by atoms with Gasteiger partial charge in [-0.3, -0.25) is 14.4 Å². The van der Waals surface area contributed by atoms with Crippen molar-refractivity contribution in [1.82, 2.24) is 10.2 Å². The lowest BCUT2D eigenvalue weighted by Gasteiger charge is -2.37. The van der Waals surface area contributed by atoms with Gasteiger partial charge >= 0.3 is 0 Å². The number of hydrogen-bond acceptors (Lipinski definition) is 6. The van der Waals surface area contributed by atoms with Crippen LogP contribution in [0.4, 0.5) is 11.4 Å². The van der Waals surface area contributed by atoms with E-state index < -0.39 is 33.4 Å². The maximum Gasteiger partial charge on any atom is 0.248 e. The molecule has 6 atom stereocenters. The van der Waals surface area contributed by atoms with E-state index in [4.69, 9.17) is 0 Å². The topological polar surface area (TPSA) is 102 Å². The van der Waals surface area contributed by atoms with E-state index in [2.05, 4.69) is 36.3 Å². The Hall–Kier alpha value is -3.82. The molecule has 2 bridgehead atoms. The second-order valence-electron chi connectivity index (χ2n) is 12.5. The predicted molar refractivity (Wildman–Crippen MR) is 179 cm³/mol. The maximum absolute atomic E-state index is 14.7. The Labute approximate surface area is 269 Å². The lowest BCUT2D eigenvalue weighted by molar-refractivity contribution is -0.142. The number of rotatable bonds is 11. The fourth-order valence-corrected chi connectivity index (χ4v) is 10.2. The molecule has 3 fully saturated rings. The van der Waals surface area contributed by atoms with Gasteiger partial charge in [0.1, 0.15) is 6.04 Å². The number of aliphatic hydroxyl groups excluding tert-OH is 1. The zero-order chi connectivity index (χ0) is 31.8. The Morgan fingerprint density at radius 1 is 0.956 bits per heavy atom. The molecule has 0 aliphatic carbocycles. The van der Waals surface area contributed by atoms with E-state index in [9.17, 15) is 19.5 Å². The van der Waals surface area contributed by atoms with Crippen LogP contribution < -0.4 is 15.5 Å². The molecule has 3 aromatic rings. The van der Waals surface area contributed by atoms with Gasteiger partial charge in [-0.2, -0.15) is 0 Å². The normalized spacial score (nSPS) is 27.2. The Morgan fingerprint density at radius 2 is 1.60 bits per heavy atom. The number of benzene rings is 3. The smallest absolute Gasteiger partial charge is 0.248 e. The van der Waals surface area contributed by atoms with Crippen molar-refractivity contribution in [2.75, 3.05) is 29.9 Å². The molecule has 8 nitrogen and oxygen atoms in total. The predicted octanol–water partition coefficient (Wildman–Crippen LogP) is 5.00. The zero-order valence-electron chi connectivity index (χ0n) is 26.1. The molecule has 9 heteroatoms. The highest BCUT2D eigenvalue weighted by molar-refractivity contribution is 8.02. The van der Waals surface area contributed by atoms with Crippen LogP contribution >= 0.6 is 11.8 Å². The molecule has 3 aliphatic heterocycles. The van der Waals surface area contributed by atoms with Crippen molar-refractivity contribution in [2.24, 2.45) is 11.8 Å². The fourth-order valence-electron chi connectivity index (χ4n) is 7.88. The number of aliphatic hydroxyl groups is 1. The van der Waals surface area contributed by atoms with Crippen LogP contribution in [0.25, 0.3) is 0 Å². The number of amides is 3. The largest absolute Gasteiger partial charge is 0.394 e. The van der Waals surface area contributed by atoms with Gasteiger partial charge in [-0.05, 0) is 69.0 Å². The van der Waals surface area contributed by atoms with Crippen LogP contribution in [0.5, 0.6) is 0 Å². The van der Waals surface area contributed by atoms with Crippen molar-refractivity contribution >= 4 is 40.9 Å². The summed E-state index contributed by atoms with van der Waals surface area (Å²) < 4.78 is -1.29. The molecule has 45 heavy (non-hydrogen) atoms. The number of nitrogens with one attached hydrogen (secondary N) is 2. The standard InChI is InChI=1S/C36H42N4O4S/c1-4-39(5-2)27-18-16-26(17-19-27)38-33(43)31-36-21-20-35(3,45-36)29(32(42)37-22-24-12-8-6-9-13-24)30(36)34(44)40(31)28(23-41)25-14-10-7-11-15-25/h6-19,28-31,41H,4-5,20-23H2,1-3H3,(H,37,42)(H,38,43)/t28-,29+,30+,31?,35-,36?/m1/s1. The summed E-state index contributed by atoms with van der Waals surface area (Å²) in [7, 11) is 0. The Kier molecular flexibility index (Phi) is 8.68. The van der Waals surface area contributed by atoms with Gasteiger partial charge in [0.15, 0.2) is 0 Å². The van der Waals surface area contributed by atoms with Gasteiger partial charge in [0.05, 0.1) is 29.2 Å². The van der Waals surface area contributed by atoms with E-state index in [0.29, 0.717) is 18.7 Å². The van der Waals surface area contributed by atoms with Gasteiger partial charge in [0, 0.05) is 35.8 Å². The summed E-state index contributed by atoms with van der Waals surface area (Å²) in [5.41, 5.74) is 3.45. The summed E-state index contributed by atoms with van der Waals surface area (Å²) in [5.74, 6) is -1.99. The highest BCUT2D eigenvalue weighted by atomic mass is 32.2. The second kappa shape index (κ2) is 12.5. The number of nitrogens with zero attached hydrogens (tertiary/aromatic N) is 2. The molecule has 1 spiro atoms. The minimum atomic E-state index is -0.867. The molecule has 3 aromatic carbocycles. The zero-order valence-corrected chi connectivity index (χ0v) is 26.9. The number of carbonyl (C=O) groups excluding carboxylic acids is 3.